The molecule has 0 bridgehead atoms. The van der Waals surface area contributed by atoms with Crippen molar-refractivity contribution in [3.8, 4) is 0 Å². The van der Waals surface area contributed by atoms with Gasteiger partial charge in [-0.2, -0.15) is 0 Å². The molecule has 106 valence electrons. The first-order valence-corrected chi connectivity index (χ1v) is 6.92. The first-order chi connectivity index (χ1) is 9.59. The highest BCUT2D eigenvalue weighted by atomic mass is 32.1. The molecule has 0 aliphatic heterocycles. The summed E-state index contributed by atoms with van der Waals surface area (Å²) in [6.45, 7) is 0.331. The highest BCUT2D eigenvalue weighted by Gasteiger charge is 2.13. The Hall–Kier alpha value is -2.22. The Morgan fingerprint density at radius 1 is 1.40 bits per heavy atom. The summed E-state index contributed by atoms with van der Waals surface area (Å²) in [6, 6.07) is 0. The highest BCUT2D eigenvalue weighted by Crippen LogP contribution is 2.05. The summed E-state index contributed by atoms with van der Waals surface area (Å²) >= 11 is 1.31. The first-order valence-electron chi connectivity index (χ1n) is 6.04. The number of fused-ring (bicyclic) bond motifs is 1. The Morgan fingerprint density at radius 2 is 2.20 bits per heavy atom. The van der Waals surface area contributed by atoms with Crippen molar-refractivity contribution in [1.82, 2.24) is 14.7 Å². The van der Waals surface area contributed by atoms with Gasteiger partial charge in [0.15, 0.2) is 4.96 Å². The molecule has 0 spiro atoms. The smallest absolute Gasteiger partial charge is 0.303 e. The summed E-state index contributed by atoms with van der Waals surface area (Å²) in [5.74, 6) is -1.35. The maximum atomic E-state index is 12.0. The molecule has 2 heterocycles. The molecule has 2 N–H and O–H groups in total. The minimum atomic E-state index is -0.860. The molecule has 8 heteroatoms. The lowest BCUT2D eigenvalue weighted by molar-refractivity contribution is -0.137. The van der Waals surface area contributed by atoms with Gasteiger partial charge in [-0.25, -0.2) is 4.98 Å². The van der Waals surface area contributed by atoms with Gasteiger partial charge in [0.1, 0.15) is 5.56 Å². The van der Waals surface area contributed by atoms with E-state index in [1.807, 2.05) is 0 Å². The lowest BCUT2D eigenvalue weighted by Crippen LogP contribution is -2.31. The van der Waals surface area contributed by atoms with Gasteiger partial charge in [-0.1, -0.05) is 0 Å². The number of thiazole rings is 1. The molecule has 0 unspecified atom stereocenters. The van der Waals surface area contributed by atoms with Gasteiger partial charge >= 0.3 is 5.97 Å². The van der Waals surface area contributed by atoms with Crippen molar-refractivity contribution in [2.24, 2.45) is 0 Å². The minimum Gasteiger partial charge on any atom is -0.481 e. The quantitative estimate of drug-likeness (QED) is 0.765. The first kappa shape index (κ1) is 14.2. The zero-order valence-corrected chi connectivity index (χ0v) is 11.4. The molecule has 0 aliphatic rings. The molecule has 2 aromatic heterocycles. The van der Waals surface area contributed by atoms with Crippen molar-refractivity contribution in [3.63, 3.8) is 0 Å². The molecule has 0 saturated heterocycles. The molecule has 0 atom stereocenters. The van der Waals surface area contributed by atoms with Crippen molar-refractivity contribution in [2.45, 2.75) is 19.3 Å². The molecule has 7 nitrogen and oxygen atoms in total. The van der Waals surface area contributed by atoms with E-state index in [2.05, 4.69) is 10.3 Å². The van der Waals surface area contributed by atoms with Gasteiger partial charge in [0, 0.05) is 30.7 Å². The number of carbonyl (C=O) groups is 2. The lowest BCUT2D eigenvalue weighted by atomic mass is 10.2. The SMILES string of the molecule is O=C(O)CCCCNC(=O)c1cnc2sccn2c1=O. The second-order valence-corrected chi connectivity index (χ2v) is 5.01. The summed E-state index contributed by atoms with van der Waals surface area (Å²) in [5.41, 5.74) is -0.418. The second-order valence-electron chi connectivity index (χ2n) is 4.14. The third-order valence-corrected chi connectivity index (χ3v) is 3.46. The van der Waals surface area contributed by atoms with E-state index in [9.17, 15) is 14.4 Å². The van der Waals surface area contributed by atoms with Gasteiger partial charge in [-0.05, 0) is 12.8 Å². The average molecular weight is 295 g/mol. The topological polar surface area (TPSA) is 101 Å². The Bertz CT molecular complexity index is 691. The van der Waals surface area contributed by atoms with E-state index in [-0.39, 0.29) is 12.0 Å². The van der Waals surface area contributed by atoms with Crippen molar-refractivity contribution in [3.05, 3.63) is 33.7 Å². The van der Waals surface area contributed by atoms with Gasteiger partial charge in [-0.15, -0.1) is 11.3 Å². The van der Waals surface area contributed by atoms with Crippen LogP contribution in [-0.4, -0.2) is 32.9 Å². The predicted molar refractivity (Wildman–Crippen MR) is 73.2 cm³/mol. The van der Waals surface area contributed by atoms with Crippen LogP contribution in [0.25, 0.3) is 4.96 Å². The zero-order valence-electron chi connectivity index (χ0n) is 10.5. The van der Waals surface area contributed by atoms with Crippen molar-refractivity contribution in [2.75, 3.05) is 6.54 Å². The minimum absolute atomic E-state index is 0.0147. The number of nitrogens with zero attached hydrogens (tertiary/aromatic N) is 2. The second kappa shape index (κ2) is 6.29. The Labute approximate surface area is 117 Å². The highest BCUT2D eigenvalue weighted by molar-refractivity contribution is 7.15. The number of nitrogens with one attached hydrogen (secondary N) is 1. The summed E-state index contributed by atoms with van der Waals surface area (Å²) in [5, 5.41) is 12.8. The number of carbonyl (C=O) groups excluding carboxylic acids is 1. The van der Waals surface area contributed by atoms with E-state index < -0.39 is 17.4 Å². The van der Waals surface area contributed by atoms with Crippen LogP contribution in [-0.2, 0) is 4.79 Å². The Balaban J connectivity index is 1.96. The van der Waals surface area contributed by atoms with Gasteiger partial charge in [0.05, 0.1) is 0 Å². The summed E-state index contributed by atoms with van der Waals surface area (Å²) < 4.78 is 1.32. The number of hydrogen-bond acceptors (Lipinski definition) is 5. The van der Waals surface area contributed by atoms with Crippen molar-refractivity contribution in [1.29, 1.82) is 0 Å². The zero-order chi connectivity index (χ0) is 14.5. The number of hydrogen-bond donors (Lipinski definition) is 2. The van der Waals surface area contributed by atoms with Gasteiger partial charge in [0.25, 0.3) is 11.5 Å². The number of rotatable bonds is 6. The molecule has 2 rings (SSSR count). The number of unbranched alkanes of at least 4 members (excludes halogenated alkanes) is 1. The lowest BCUT2D eigenvalue weighted by Gasteiger charge is -2.04. The Kier molecular flexibility index (Phi) is 4.46. The van der Waals surface area contributed by atoms with E-state index in [1.54, 1.807) is 11.6 Å². The molecule has 0 aliphatic carbocycles. The fourth-order valence-electron chi connectivity index (χ4n) is 1.68. The van der Waals surface area contributed by atoms with Gasteiger partial charge in [-0.3, -0.25) is 18.8 Å². The van der Waals surface area contributed by atoms with Crippen LogP contribution in [0.5, 0.6) is 0 Å². The van der Waals surface area contributed by atoms with Crippen LogP contribution in [0.15, 0.2) is 22.6 Å². The monoisotopic (exact) mass is 295 g/mol. The van der Waals surface area contributed by atoms with Crippen molar-refractivity contribution < 1.29 is 14.7 Å². The van der Waals surface area contributed by atoms with Gasteiger partial charge in [0.2, 0.25) is 0 Å². The summed E-state index contributed by atoms with van der Waals surface area (Å²) in [7, 11) is 0. The van der Waals surface area contributed by atoms with E-state index in [0.29, 0.717) is 24.3 Å². The van der Waals surface area contributed by atoms with E-state index in [0.717, 1.165) is 0 Å². The third kappa shape index (κ3) is 3.21. The maximum Gasteiger partial charge on any atom is 0.303 e. The van der Waals surface area contributed by atoms with Crippen LogP contribution in [0.4, 0.5) is 0 Å². The maximum absolute atomic E-state index is 12.0. The largest absolute Gasteiger partial charge is 0.481 e. The predicted octanol–water partition coefficient (Wildman–Crippen LogP) is 0.741. The molecule has 1 amide bonds. The molecule has 0 radical (unpaired) electrons. The van der Waals surface area contributed by atoms with Crippen LogP contribution in [0.1, 0.15) is 29.6 Å². The third-order valence-electron chi connectivity index (χ3n) is 2.69. The van der Waals surface area contributed by atoms with Crippen LogP contribution in [0.2, 0.25) is 0 Å². The number of aliphatic carboxylic acids is 1. The molecule has 0 fully saturated rings. The molecule has 0 aromatic carbocycles. The molecule has 20 heavy (non-hydrogen) atoms. The summed E-state index contributed by atoms with van der Waals surface area (Å²) in [6.07, 6.45) is 3.94. The number of carboxylic acids is 1. The molecule has 0 saturated carbocycles. The average Bonchev–Trinajstić information content (AvgIpc) is 2.87. The number of amides is 1. The van der Waals surface area contributed by atoms with Crippen LogP contribution < -0.4 is 10.9 Å². The van der Waals surface area contributed by atoms with Crippen LogP contribution in [0, 0.1) is 0 Å². The van der Waals surface area contributed by atoms with E-state index >= 15 is 0 Å². The molecular formula is C12H13N3O4S. The number of aromatic nitrogens is 2. The van der Waals surface area contributed by atoms with E-state index in [4.69, 9.17) is 5.11 Å². The van der Waals surface area contributed by atoms with Crippen molar-refractivity contribution >= 4 is 28.2 Å². The molecule has 2 aromatic rings. The van der Waals surface area contributed by atoms with Crippen LogP contribution in [0.3, 0.4) is 0 Å². The normalized spacial score (nSPS) is 10.6. The number of carboxylic acid groups (broad SMARTS) is 1. The fourth-order valence-corrected chi connectivity index (χ4v) is 2.35. The Morgan fingerprint density at radius 3 is 2.95 bits per heavy atom. The van der Waals surface area contributed by atoms with Gasteiger partial charge < -0.3 is 10.4 Å². The fraction of sp³-hybridized carbons (Fsp3) is 0.333. The molecular weight excluding hydrogens is 282 g/mol. The summed E-state index contributed by atoms with van der Waals surface area (Å²) in [4.78, 5) is 38.7. The van der Waals surface area contributed by atoms with E-state index in [1.165, 1.54) is 21.9 Å². The van der Waals surface area contributed by atoms with Crippen LogP contribution >= 0.6 is 11.3 Å². The standard InChI is InChI=1S/C12H13N3O4S/c16-9(17)3-1-2-4-13-10(18)8-7-14-12-15(11(8)19)5-6-20-12/h5-7H,1-4H2,(H,13,18)(H,16,17).